The highest BCUT2D eigenvalue weighted by molar-refractivity contribution is 5.78. The zero-order chi connectivity index (χ0) is 11.8. The number of aromatic nitrogens is 1. The number of ether oxygens (including phenoxy) is 1. The summed E-state index contributed by atoms with van der Waals surface area (Å²) in [7, 11) is 0. The second-order valence-electron chi connectivity index (χ2n) is 3.48. The third-order valence-corrected chi connectivity index (χ3v) is 1.87. The Bertz CT molecular complexity index is 426. The highest BCUT2D eigenvalue weighted by Crippen LogP contribution is 2.15. The first-order valence-electron chi connectivity index (χ1n) is 5.80. The summed E-state index contributed by atoms with van der Waals surface area (Å²) in [5, 5.41) is 1.14. The van der Waals surface area contributed by atoms with Gasteiger partial charge in [-0.2, -0.15) is 0 Å². The van der Waals surface area contributed by atoms with Crippen molar-refractivity contribution in [3.05, 3.63) is 36.4 Å². The third-order valence-electron chi connectivity index (χ3n) is 1.87. The van der Waals surface area contributed by atoms with E-state index in [1.807, 2.05) is 43.3 Å². The van der Waals surface area contributed by atoms with Crippen molar-refractivity contribution in [3.8, 4) is 5.88 Å². The quantitative estimate of drug-likeness (QED) is 0.757. The minimum Gasteiger partial charge on any atom is -0.478 e. The lowest BCUT2D eigenvalue weighted by molar-refractivity contribution is 0.328. The fourth-order valence-electron chi connectivity index (χ4n) is 1.28. The van der Waals surface area contributed by atoms with E-state index in [-0.39, 0.29) is 0 Å². The first-order valence-corrected chi connectivity index (χ1v) is 5.80. The molecule has 2 aromatic rings. The lowest BCUT2D eigenvalue weighted by atomic mass is 10.2. The Kier molecular flexibility index (Phi) is 5.34. The van der Waals surface area contributed by atoms with Crippen LogP contribution in [0.5, 0.6) is 5.88 Å². The fourth-order valence-corrected chi connectivity index (χ4v) is 1.28. The van der Waals surface area contributed by atoms with Gasteiger partial charge in [-0.05, 0) is 19.1 Å². The van der Waals surface area contributed by atoms with E-state index in [0.717, 1.165) is 10.9 Å². The van der Waals surface area contributed by atoms with Gasteiger partial charge in [-0.1, -0.05) is 38.5 Å². The van der Waals surface area contributed by atoms with Gasteiger partial charge in [0.05, 0.1) is 12.1 Å². The van der Waals surface area contributed by atoms with E-state index < -0.39 is 0 Å². The van der Waals surface area contributed by atoms with Crippen molar-refractivity contribution < 1.29 is 4.74 Å². The predicted octanol–water partition coefficient (Wildman–Crippen LogP) is 4.05. The highest BCUT2D eigenvalue weighted by atomic mass is 16.5. The van der Waals surface area contributed by atoms with Crippen LogP contribution in [-0.4, -0.2) is 11.6 Å². The second kappa shape index (κ2) is 6.83. The summed E-state index contributed by atoms with van der Waals surface area (Å²) in [6.07, 6.45) is 1.25. The predicted molar refractivity (Wildman–Crippen MR) is 68.9 cm³/mol. The van der Waals surface area contributed by atoms with Crippen LogP contribution in [0.1, 0.15) is 27.2 Å². The lowest BCUT2D eigenvalue weighted by Crippen LogP contribution is -1.93. The third kappa shape index (κ3) is 3.54. The fraction of sp³-hybridized carbons (Fsp3) is 0.357. The van der Waals surface area contributed by atoms with Crippen molar-refractivity contribution >= 4 is 10.9 Å². The minimum atomic E-state index is 0.658. The van der Waals surface area contributed by atoms with Crippen molar-refractivity contribution in [2.45, 2.75) is 27.2 Å². The Morgan fingerprint density at radius 3 is 2.38 bits per heavy atom. The Morgan fingerprint density at radius 2 is 1.69 bits per heavy atom. The molecule has 0 saturated carbocycles. The standard InChI is InChI=1S/C11H11NO.C3H8/c1-2-13-11-8-7-9-5-3-4-6-10(9)12-11;1-3-2/h3-8H,2H2,1H3;3H2,1-2H3. The van der Waals surface area contributed by atoms with E-state index in [4.69, 9.17) is 4.74 Å². The van der Waals surface area contributed by atoms with Gasteiger partial charge in [-0.15, -0.1) is 0 Å². The van der Waals surface area contributed by atoms with E-state index in [1.165, 1.54) is 6.42 Å². The topological polar surface area (TPSA) is 22.1 Å². The summed E-state index contributed by atoms with van der Waals surface area (Å²) in [5.74, 6) is 0.696. The van der Waals surface area contributed by atoms with Crippen molar-refractivity contribution in [1.29, 1.82) is 0 Å². The van der Waals surface area contributed by atoms with Gasteiger partial charge in [0.2, 0.25) is 5.88 Å². The highest BCUT2D eigenvalue weighted by Gasteiger charge is 1.96. The molecule has 0 aliphatic rings. The molecule has 0 bridgehead atoms. The molecule has 1 aromatic heterocycles. The van der Waals surface area contributed by atoms with E-state index in [1.54, 1.807) is 0 Å². The SMILES string of the molecule is CCC.CCOc1ccc2ccccc2n1. The second-order valence-corrected chi connectivity index (χ2v) is 3.48. The average molecular weight is 217 g/mol. The van der Waals surface area contributed by atoms with Crippen LogP contribution in [0, 0.1) is 0 Å². The van der Waals surface area contributed by atoms with Gasteiger partial charge in [0.1, 0.15) is 0 Å². The van der Waals surface area contributed by atoms with Crippen LogP contribution in [0.25, 0.3) is 10.9 Å². The number of hydrogen-bond donors (Lipinski definition) is 0. The van der Waals surface area contributed by atoms with Crippen LogP contribution in [0.15, 0.2) is 36.4 Å². The van der Waals surface area contributed by atoms with Crippen LogP contribution < -0.4 is 4.74 Å². The maximum absolute atomic E-state index is 5.30. The van der Waals surface area contributed by atoms with Crippen LogP contribution in [0.2, 0.25) is 0 Å². The maximum Gasteiger partial charge on any atom is 0.213 e. The molecule has 0 aliphatic heterocycles. The van der Waals surface area contributed by atoms with Crippen molar-refractivity contribution in [1.82, 2.24) is 4.98 Å². The van der Waals surface area contributed by atoms with Gasteiger partial charge in [0, 0.05) is 11.5 Å². The number of pyridine rings is 1. The largest absolute Gasteiger partial charge is 0.478 e. The summed E-state index contributed by atoms with van der Waals surface area (Å²) in [4.78, 5) is 4.34. The average Bonchev–Trinajstić information content (AvgIpc) is 2.30. The van der Waals surface area contributed by atoms with Gasteiger partial charge in [-0.25, -0.2) is 4.98 Å². The van der Waals surface area contributed by atoms with Crippen LogP contribution in [0.4, 0.5) is 0 Å². The molecule has 0 saturated heterocycles. The summed E-state index contributed by atoms with van der Waals surface area (Å²) >= 11 is 0. The van der Waals surface area contributed by atoms with E-state index >= 15 is 0 Å². The molecular weight excluding hydrogens is 198 g/mol. The number of fused-ring (bicyclic) bond motifs is 1. The smallest absolute Gasteiger partial charge is 0.213 e. The number of para-hydroxylation sites is 1. The zero-order valence-electron chi connectivity index (χ0n) is 10.2. The van der Waals surface area contributed by atoms with E-state index in [2.05, 4.69) is 18.8 Å². The lowest BCUT2D eigenvalue weighted by Gasteiger charge is -2.02. The molecule has 0 aliphatic carbocycles. The Labute approximate surface area is 97.3 Å². The molecule has 16 heavy (non-hydrogen) atoms. The molecule has 0 amide bonds. The van der Waals surface area contributed by atoms with Crippen molar-refractivity contribution in [2.24, 2.45) is 0 Å². The molecule has 0 N–H and O–H groups in total. The van der Waals surface area contributed by atoms with Crippen molar-refractivity contribution in [3.63, 3.8) is 0 Å². The molecular formula is C14H19NO. The Morgan fingerprint density at radius 1 is 1.00 bits per heavy atom. The molecule has 0 fully saturated rings. The maximum atomic E-state index is 5.30. The summed E-state index contributed by atoms with van der Waals surface area (Å²) in [6, 6.07) is 11.9. The van der Waals surface area contributed by atoms with Gasteiger partial charge < -0.3 is 4.74 Å². The molecule has 2 nitrogen and oxygen atoms in total. The number of benzene rings is 1. The first kappa shape index (κ1) is 12.5. The van der Waals surface area contributed by atoms with Gasteiger partial charge in [0.25, 0.3) is 0 Å². The van der Waals surface area contributed by atoms with E-state index in [9.17, 15) is 0 Å². The van der Waals surface area contributed by atoms with Gasteiger partial charge >= 0.3 is 0 Å². The molecule has 2 heteroatoms. The van der Waals surface area contributed by atoms with Crippen molar-refractivity contribution in [2.75, 3.05) is 6.61 Å². The molecule has 0 unspecified atom stereocenters. The van der Waals surface area contributed by atoms with Crippen LogP contribution in [0.3, 0.4) is 0 Å². The Balaban J connectivity index is 0.000000386. The molecule has 0 spiro atoms. The molecule has 1 heterocycles. The number of nitrogens with zero attached hydrogens (tertiary/aromatic N) is 1. The summed E-state index contributed by atoms with van der Waals surface area (Å²) in [5.41, 5.74) is 0.980. The summed E-state index contributed by atoms with van der Waals surface area (Å²) < 4.78 is 5.30. The molecule has 0 radical (unpaired) electrons. The summed E-state index contributed by atoms with van der Waals surface area (Å²) in [6.45, 7) is 6.86. The number of rotatable bonds is 2. The molecule has 0 atom stereocenters. The Hall–Kier alpha value is -1.57. The first-order chi connectivity index (χ1) is 7.81. The monoisotopic (exact) mass is 217 g/mol. The minimum absolute atomic E-state index is 0.658. The van der Waals surface area contributed by atoms with E-state index in [0.29, 0.717) is 12.5 Å². The number of hydrogen-bond acceptors (Lipinski definition) is 2. The van der Waals surface area contributed by atoms with Crippen LogP contribution >= 0.6 is 0 Å². The molecule has 86 valence electrons. The van der Waals surface area contributed by atoms with Gasteiger partial charge in [0.15, 0.2) is 0 Å². The normalized spacial score (nSPS) is 9.44. The zero-order valence-corrected chi connectivity index (χ0v) is 10.2. The molecule has 1 aromatic carbocycles. The molecule has 2 rings (SSSR count). The van der Waals surface area contributed by atoms with Crippen LogP contribution in [-0.2, 0) is 0 Å². The van der Waals surface area contributed by atoms with Gasteiger partial charge in [-0.3, -0.25) is 0 Å².